The molecule has 0 fully saturated rings. The number of rotatable bonds is 18. The number of aliphatic hydroxyl groups is 1. The molecule has 12 nitrogen and oxygen atoms in total. The number of amides is 4. The van der Waals surface area contributed by atoms with Crippen LogP contribution in [0.25, 0.3) is 0 Å². The van der Waals surface area contributed by atoms with Crippen LogP contribution < -0.4 is 27.0 Å². The monoisotopic (exact) mass is 577 g/mol. The normalized spacial score (nSPS) is 14.6. The second kappa shape index (κ2) is 18.8. The molecule has 1 aromatic carbocycles. The van der Waals surface area contributed by atoms with Gasteiger partial charge in [-0.2, -0.15) is 0 Å². The number of ether oxygens (including phenoxy) is 1. The number of nitrogens with one attached hydrogen (secondary N) is 4. The van der Waals surface area contributed by atoms with Gasteiger partial charge in [-0.1, -0.05) is 50.6 Å². The van der Waals surface area contributed by atoms with Crippen molar-refractivity contribution in [1.82, 2.24) is 21.3 Å². The van der Waals surface area contributed by atoms with E-state index in [1.54, 1.807) is 13.8 Å². The van der Waals surface area contributed by atoms with Crippen molar-refractivity contribution < 1.29 is 33.8 Å². The molecule has 0 bridgehead atoms. The molecular weight excluding hydrogens is 530 g/mol. The molecule has 230 valence electrons. The highest BCUT2D eigenvalue weighted by molar-refractivity contribution is 5.91. The van der Waals surface area contributed by atoms with Crippen LogP contribution in [0.2, 0.25) is 0 Å². The van der Waals surface area contributed by atoms with Gasteiger partial charge in [-0.15, -0.1) is 0 Å². The maximum Gasteiger partial charge on any atom is 0.328 e. The zero-order valence-corrected chi connectivity index (χ0v) is 24.8. The van der Waals surface area contributed by atoms with Gasteiger partial charge in [-0.05, 0) is 44.6 Å². The van der Waals surface area contributed by atoms with Crippen LogP contribution in [-0.4, -0.2) is 79.1 Å². The molecule has 0 saturated carbocycles. The van der Waals surface area contributed by atoms with E-state index >= 15 is 0 Å². The molecule has 0 spiro atoms. The van der Waals surface area contributed by atoms with E-state index in [2.05, 4.69) is 33.4 Å². The summed E-state index contributed by atoms with van der Waals surface area (Å²) in [6.45, 7) is 5.67. The molecule has 0 aromatic heterocycles. The SMILES string of the molecule is COC(=O)C(NC(=O)C(NC(=O)CCCCCc1ccccc1)C(CO)CNC(=O)[C@H](C)NC(=O)[C@H](C)N)C(C)C. The molecule has 12 heteroatoms. The van der Waals surface area contributed by atoms with Crippen LogP contribution in [0.4, 0.5) is 0 Å². The van der Waals surface area contributed by atoms with E-state index in [0.717, 1.165) is 19.3 Å². The van der Waals surface area contributed by atoms with Gasteiger partial charge in [0, 0.05) is 18.9 Å². The summed E-state index contributed by atoms with van der Waals surface area (Å²) in [6, 6.07) is 6.07. The number of nitrogens with two attached hydrogens (primary N) is 1. The lowest BCUT2D eigenvalue weighted by Crippen LogP contribution is -2.58. The predicted octanol–water partition coefficient (Wildman–Crippen LogP) is 0.165. The number of hydrogen-bond donors (Lipinski definition) is 6. The van der Waals surface area contributed by atoms with E-state index in [1.807, 2.05) is 18.2 Å². The third kappa shape index (κ3) is 13.1. The summed E-state index contributed by atoms with van der Waals surface area (Å²) < 4.78 is 4.79. The van der Waals surface area contributed by atoms with Crippen molar-refractivity contribution in [2.45, 2.75) is 84.0 Å². The number of unbranched alkanes of at least 4 members (excludes halogenated alkanes) is 2. The summed E-state index contributed by atoms with van der Waals surface area (Å²) in [5, 5.41) is 20.5. The molecule has 0 aliphatic rings. The highest BCUT2D eigenvalue weighted by atomic mass is 16.5. The van der Waals surface area contributed by atoms with Gasteiger partial charge in [0.2, 0.25) is 23.6 Å². The molecular formula is C29H47N5O7. The third-order valence-electron chi connectivity index (χ3n) is 6.64. The van der Waals surface area contributed by atoms with Crippen molar-refractivity contribution in [2.24, 2.45) is 17.6 Å². The summed E-state index contributed by atoms with van der Waals surface area (Å²) in [7, 11) is 1.21. The fourth-order valence-corrected chi connectivity index (χ4v) is 4.03. The number of aryl methyl sites for hydroxylation is 1. The third-order valence-corrected chi connectivity index (χ3v) is 6.64. The Kier molecular flexibility index (Phi) is 16.3. The molecule has 5 atom stereocenters. The van der Waals surface area contributed by atoms with Crippen LogP contribution in [-0.2, 0) is 35.1 Å². The van der Waals surface area contributed by atoms with E-state index in [9.17, 15) is 29.1 Å². The van der Waals surface area contributed by atoms with Crippen molar-refractivity contribution >= 4 is 29.6 Å². The zero-order chi connectivity index (χ0) is 30.9. The number of benzene rings is 1. The Balaban J connectivity index is 2.88. The van der Waals surface area contributed by atoms with Crippen molar-refractivity contribution in [3.63, 3.8) is 0 Å². The second-order valence-corrected chi connectivity index (χ2v) is 10.6. The minimum Gasteiger partial charge on any atom is -0.467 e. The van der Waals surface area contributed by atoms with E-state index in [1.165, 1.54) is 26.5 Å². The first-order valence-electron chi connectivity index (χ1n) is 14.1. The van der Waals surface area contributed by atoms with Crippen LogP contribution in [0.1, 0.15) is 58.9 Å². The molecule has 0 heterocycles. The van der Waals surface area contributed by atoms with Crippen molar-refractivity contribution in [2.75, 3.05) is 20.3 Å². The van der Waals surface area contributed by atoms with Gasteiger partial charge in [0.15, 0.2) is 0 Å². The maximum absolute atomic E-state index is 13.3. The number of methoxy groups -OCH3 is 1. The largest absolute Gasteiger partial charge is 0.467 e. The van der Waals surface area contributed by atoms with Gasteiger partial charge in [-0.3, -0.25) is 19.2 Å². The summed E-state index contributed by atoms with van der Waals surface area (Å²) in [5.41, 5.74) is 6.74. The standard InChI is InChI=1S/C29H47N5O7/c1-18(2)24(29(40)41-5)34-28(39)25(22(17-35)16-31-27(38)20(4)32-26(37)19(3)30)33-23(36)15-11-7-10-14-21-12-8-6-9-13-21/h6,8-9,12-13,18-20,22,24-25,35H,7,10-11,14-17,30H2,1-5H3,(H,31,38)(H,32,37)(H,33,36)(H,34,39)/t19-,20-,22?,24?,25?/m0/s1. The molecule has 41 heavy (non-hydrogen) atoms. The van der Waals surface area contributed by atoms with Crippen LogP contribution >= 0.6 is 0 Å². The number of carbonyl (C=O) groups excluding carboxylic acids is 5. The molecule has 0 saturated heterocycles. The van der Waals surface area contributed by atoms with Crippen LogP contribution in [0, 0.1) is 11.8 Å². The minimum absolute atomic E-state index is 0.161. The van der Waals surface area contributed by atoms with Gasteiger partial charge < -0.3 is 36.8 Å². The Hall–Kier alpha value is -3.51. The molecule has 1 aromatic rings. The summed E-state index contributed by atoms with van der Waals surface area (Å²) in [5.74, 6) is -4.05. The highest BCUT2D eigenvalue weighted by Crippen LogP contribution is 2.11. The Morgan fingerprint density at radius 2 is 1.51 bits per heavy atom. The Bertz CT molecular complexity index is 987. The number of esters is 1. The smallest absolute Gasteiger partial charge is 0.328 e. The van der Waals surface area contributed by atoms with Crippen LogP contribution in [0.15, 0.2) is 30.3 Å². The average molecular weight is 578 g/mol. The lowest BCUT2D eigenvalue weighted by Gasteiger charge is -2.29. The summed E-state index contributed by atoms with van der Waals surface area (Å²) in [4.78, 5) is 62.7. The van der Waals surface area contributed by atoms with Crippen molar-refractivity contribution in [1.29, 1.82) is 0 Å². The fourth-order valence-electron chi connectivity index (χ4n) is 4.03. The van der Waals surface area contributed by atoms with E-state index in [-0.39, 0.29) is 18.9 Å². The van der Waals surface area contributed by atoms with Crippen LogP contribution in [0.3, 0.4) is 0 Å². The fraction of sp³-hybridized carbons (Fsp3) is 0.621. The van der Waals surface area contributed by atoms with E-state index in [0.29, 0.717) is 6.42 Å². The minimum atomic E-state index is -1.25. The van der Waals surface area contributed by atoms with Gasteiger partial charge in [-0.25, -0.2) is 4.79 Å². The first-order valence-corrected chi connectivity index (χ1v) is 14.1. The lowest BCUT2D eigenvalue weighted by atomic mass is 9.97. The molecule has 1 rings (SSSR count). The Labute approximate surface area is 242 Å². The van der Waals surface area contributed by atoms with Crippen LogP contribution in [0.5, 0.6) is 0 Å². The predicted molar refractivity (Wildman–Crippen MR) is 154 cm³/mol. The number of carbonyl (C=O) groups is 5. The van der Waals surface area contributed by atoms with Gasteiger partial charge in [0.25, 0.3) is 0 Å². The first kappa shape index (κ1) is 35.5. The van der Waals surface area contributed by atoms with Crippen molar-refractivity contribution in [3.05, 3.63) is 35.9 Å². The number of aliphatic hydroxyl groups excluding tert-OH is 1. The average Bonchev–Trinajstić information content (AvgIpc) is 2.94. The molecule has 0 aliphatic carbocycles. The molecule has 0 radical (unpaired) electrons. The molecule has 3 unspecified atom stereocenters. The van der Waals surface area contributed by atoms with Gasteiger partial charge in [0.1, 0.15) is 18.1 Å². The highest BCUT2D eigenvalue weighted by Gasteiger charge is 2.34. The zero-order valence-electron chi connectivity index (χ0n) is 24.8. The second-order valence-electron chi connectivity index (χ2n) is 10.6. The lowest BCUT2D eigenvalue weighted by molar-refractivity contribution is -0.147. The van der Waals surface area contributed by atoms with Gasteiger partial charge >= 0.3 is 5.97 Å². The Morgan fingerprint density at radius 3 is 2.07 bits per heavy atom. The molecule has 7 N–H and O–H groups in total. The quantitative estimate of drug-likeness (QED) is 0.105. The van der Waals surface area contributed by atoms with Gasteiger partial charge in [0.05, 0.1) is 19.8 Å². The number of hydrogen-bond acceptors (Lipinski definition) is 8. The Morgan fingerprint density at radius 1 is 0.854 bits per heavy atom. The first-order chi connectivity index (χ1) is 19.4. The maximum atomic E-state index is 13.3. The summed E-state index contributed by atoms with van der Waals surface area (Å²) in [6.07, 6.45) is 3.36. The van der Waals surface area contributed by atoms with Crippen molar-refractivity contribution in [3.8, 4) is 0 Å². The molecule has 0 aliphatic heterocycles. The molecule has 4 amide bonds. The van der Waals surface area contributed by atoms with E-state index < -0.39 is 66.3 Å². The van der Waals surface area contributed by atoms with E-state index in [4.69, 9.17) is 10.5 Å². The summed E-state index contributed by atoms with van der Waals surface area (Å²) >= 11 is 0. The topological polar surface area (TPSA) is 189 Å².